The number of esters is 1. The number of hydrogen-bond acceptors (Lipinski definition) is 5. The Morgan fingerprint density at radius 3 is 2.23 bits per heavy atom. The van der Waals surface area contributed by atoms with Crippen molar-refractivity contribution in [1.29, 1.82) is 0 Å². The topological polar surface area (TPSA) is 70.4 Å². The molecule has 132 valence electrons. The molecule has 0 aliphatic rings. The molecule has 0 aliphatic heterocycles. The van der Waals surface area contributed by atoms with Crippen LogP contribution in [0.25, 0.3) is 5.69 Å². The number of nitrogens with zero attached hydrogens (tertiary/aromatic N) is 2. The summed E-state index contributed by atoms with van der Waals surface area (Å²) in [6, 6.07) is 15.3. The van der Waals surface area contributed by atoms with Gasteiger partial charge in [-0.1, -0.05) is 0 Å². The lowest BCUT2D eigenvalue weighted by Gasteiger charge is -2.13. The first-order valence-electron chi connectivity index (χ1n) is 8.08. The normalized spacial score (nSPS) is 11.6. The number of rotatable bonds is 6. The predicted octanol–water partition coefficient (Wildman–Crippen LogP) is 3.31. The lowest BCUT2D eigenvalue weighted by molar-refractivity contribution is 0.0319. The molecule has 0 aliphatic carbocycles. The van der Waals surface area contributed by atoms with Crippen LogP contribution in [0.15, 0.2) is 67.0 Å². The van der Waals surface area contributed by atoms with Crippen LogP contribution >= 0.6 is 0 Å². The van der Waals surface area contributed by atoms with Gasteiger partial charge in [-0.25, -0.2) is 9.48 Å². The predicted molar refractivity (Wildman–Crippen MR) is 95.8 cm³/mol. The summed E-state index contributed by atoms with van der Waals surface area (Å²) in [5.41, 5.74) is 1.66. The number of carbonyl (C=O) groups excluding carboxylic acids is 2. The molecule has 1 heterocycles. The van der Waals surface area contributed by atoms with Crippen molar-refractivity contribution in [1.82, 2.24) is 9.78 Å². The minimum absolute atomic E-state index is 0.269. The standard InChI is InChI=1S/C20H18N2O4/c1-14(19(23)15-6-10-18(25-2)11-7-15)26-20(24)16-4-8-17(9-5-16)22-13-3-12-21-22/h3-14H,1-2H3. The van der Waals surface area contributed by atoms with E-state index in [1.807, 2.05) is 12.3 Å². The molecular weight excluding hydrogens is 332 g/mol. The Morgan fingerprint density at radius 1 is 1.00 bits per heavy atom. The van der Waals surface area contributed by atoms with Crippen LogP contribution in [-0.2, 0) is 4.74 Å². The summed E-state index contributed by atoms with van der Waals surface area (Å²) in [4.78, 5) is 24.7. The number of carbonyl (C=O) groups is 2. The van der Waals surface area contributed by atoms with Crippen molar-refractivity contribution in [2.24, 2.45) is 0 Å². The fraction of sp³-hybridized carbons (Fsp3) is 0.150. The Hall–Kier alpha value is -3.41. The lowest BCUT2D eigenvalue weighted by Crippen LogP contribution is -2.24. The van der Waals surface area contributed by atoms with Gasteiger partial charge in [0.05, 0.1) is 18.4 Å². The molecule has 0 N–H and O–H groups in total. The summed E-state index contributed by atoms with van der Waals surface area (Å²) in [6.45, 7) is 1.56. The molecule has 0 saturated carbocycles. The van der Waals surface area contributed by atoms with Crippen molar-refractivity contribution in [3.8, 4) is 11.4 Å². The molecule has 3 rings (SSSR count). The van der Waals surface area contributed by atoms with E-state index in [-0.39, 0.29) is 5.78 Å². The second-order valence-electron chi connectivity index (χ2n) is 5.64. The summed E-state index contributed by atoms with van der Waals surface area (Å²) in [6.07, 6.45) is 2.60. The smallest absolute Gasteiger partial charge is 0.338 e. The maximum Gasteiger partial charge on any atom is 0.338 e. The summed E-state index contributed by atoms with van der Waals surface area (Å²) in [7, 11) is 1.55. The van der Waals surface area contributed by atoms with Crippen LogP contribution in [0.5, 0.6) is 5.75 Å². The van der Waals surface area contributed by atoms with Gasteiger partial charge in [-0.15, -0.1) is 0 Å². The van der Waals surface area contributed by atoms with Crippen molar-refractivity contribution in [3.63, 3.8) is 0 Å². The van der Waals surface area contributed by atoms with E-state index in [0.717, 1.165) is 5.69 Å². The molecule has 6 heteroatoms. The molecule has 6 nitrogen and oxygen atoms in total. The second kappa shape index (κ2) is 7.65. The van der Waals surface area contributed by atoms with Gasteiger partial charge in [0.25, 0.3) is 0 Å². The third-order valence-corrected chi connectivity index (χ3v) is 3.90. The SMILES string of the molecule is COc1ccc(C(=O)C(C)OC(=O)c2ccc(-n3cccn3)cc2)cc1. The molecule has 2 aromatic carbocycles. The zero-order valence-corrected chi connectivity index (χ0v) is 14.5. The van der Waals surface area contributed by atoms with E-state index in [0.29, 0.717) is 16.9 Å². The molecule has 0 amide bonds. The van der Waals surface area contributed by atoms with E-state index < -0.39 is 12.1 Å². The number of Topliss-reactive ketones (excluding diaryl/α,β-unsaturated/α-hetero) is 1. The molecule has 1 unspecified atom stereocenters. The van der Waals surface area contributed by atoms with Crippen LogP contribution in [0.2, 0.25) is 0 Å². The molecule has 0 spiro atoms. The maximum atomic E-state index is 12.4. The quantitative estimate of drug-likeness (QED) is 0.504. The zero-order chi connectivity index (χ0) is 18.5. The Kier molecular flexibility index (Phi) is 5.12. The molecular formula is C20H18N2O4. The van der Waals surface area contributed by atoms with Gasteiger partial charge in [0.1, 0.15) is 5.75 Å². The summed E-state index contributed by atoms with van der Waals surface area (Å²) < 4.78 is 12.0. The Morgan fingerprint density at radius 2 is 1.65 bits per heavy atom. The minimum Gasteiger partial charge on any atom is -0.497 e. The third kappa shape index (κ3) is 3.80. The summed E-state index contributed by atoms with van der Waals surface area (Å²) >= 11 is 0. The number of ether oxygens (including phenoxy) is 2. The van der Waals surface area contributed by atoms with Crippen LogP contribution in [0.4, 0.5) is 0 Å². The highest BCUT2D eigenvalue weighted by Crippen LogP contribution is 2.15. The largest absolute Gasteiger partial charge is 0.497 e. The molecule has 1 aromatic heterocycles. The highest BCUT2D eigenvalue weighted by atomic mass is 16.5. The molecule has 1 atom stereocenters. The first-order valence-corrected chi connectivity index (χ1v) is 8.08. The van der Waals surface area contributed by atoms with Crippen molar-refractivity contribution >= 4 is 11.8 Å². The molecule has 0 saturated heterocycles. The third-order valence-electron chi connectivity index (χ3n) is 3.90. The van der Waals surface area contributed by atoms with Gasteiger partial charge < -0.3 is 9.47 Å². The van der Waals surface area contributed by atoms with Crippen LogP contribution in [0.1, 0.15) is 27.6 Å². The van der Waals surface area contributed by atoms with E-state index >= 15 is 0 Å². The average Bonchev–Trinajstić information content (AvgIpc) is 3.22. The van der Waals surface area contributed by atoms with Gasteiger partial charge in [0, 0.05) is 18.0 Å². The van der Waals surface area contributed by atoms with Gasteiger partial charge in [0.2, 0.25) is 5.78 Å². The van der Waals surface area contributed by atoms with Crippen molar-refractivity contribution in [3.05, 3.63) is 78.1 Å². The van der Waals surface area contributed by atoms with E-state index in [1.54, 1.807) is 73.4 Å². The van der Waals surface area contributed by atoms with E-state index in [4.69, 9.17) is 9.47 Å². The lowest BCUT2D eigenvalue weighted by atomic mass is 10.1. The number of methoxy groups -OCH3 is 1. The van der Waals surface area contributed by atoms with Crippen molar-refractivity contribution in [2.45, 2.75) is 13.0 Å². The molecule has 0 fully saturated rings. The number of aromatic nitrogens is 2. The van der Waals surface area contributed by atoms with Gasteiger partial charge in [-0.3, -0.25) is 4.79 Å². The van der Waals surface area contributed by atoms with E-state index in [1.165, 1.54) is 0 Å². The van der Waals surface area contributed by atoms with Crippen LogP contribution < -0.4 is 4.74 Å². The van der Waals surface area contributed by atoms with Crippen molar-refractivity contribution in [2.75, 3.05) is 7.11 Å². The first kappa shape index (κ1) is 17.4. The first-order chi connectivity index (χ1) is 12.6. The fourth-order valence-electron chi connectivity index (χ4n) is 2.44. The Bertz CT molecular complexity index is 885. The van der Waals surface area contributed by atoms with Gasteiger partial charge >= 0.3 is 5.97 Å². The highest BCUT2D eigenvalue weighted by Gasteiger charge is 2.20. The zero-order valence-electron chi connectivity index (χ0n) is 14.5. The fourth-order valence-corrected chi connectivity index (χ4v) is 2.44. The summed E-state index contributed by atoms with van der Waals surface area (Å²) in [5, 5.41) is 4.13. The molecule has 26 heavy (non-hydrogen) atoms. The highest BCUT2D eigenvalue weighted by molar-refractivity contribution is 6.01. The average molecular weight is 350 g/mol. The van der Waals surface area contributed by atoms with E-state index in [2.05, 4.69) is 5.10 Å². The minimum atomic E-state index is -0.887. The molecule has 0 radical (unpaired) electrons. The Labute approximate surface area is 151 Å². The number of benzene rings is 2. The monoisotopic (exact) mass is 350 g/mol. The van der Waals surface area contributed by atoms with Crippen LogP contribution in [0.3, 0.4) is 0 Å². The summed E-state index contributed by atoms with van der Waals surface area (Å²) in [5.74, 6) is -0.163. The van der Waals surface area contributed by atoms with Gasteiger partial charge in [0.15, 0.2) is 6.10 Å². The van der Waals surface area contributed by atoms with Gasteiger partial charge in [-0.05, 0) is 61.5 Å². The van der Waals surface area contributed by atoms with Crippen LogP contribution in [0, 0.1) is 0 Å². The van der Waals surface area contributed by atoms with E-state index in [9.17, 15) is 9.59 Å². The second-order valence-corrected chi connectivity index (χ2v) is 5.64. The van der Waals surface area contributed by atoms with Crippen molar-refractivity contribution < 1.29 is 19.1 Å². The number of hydrogen-bond donors (Lipinski definition) is 0. The van der Waals surface area contributed by atoms with Crippen LogP contribution in [-0.4, -0.2) is 34.7 Å². The molecule has 3 aromatic rings. The maximum absolute atomic E-state index is 12.4. The number of ketones is 1. The van der Waals surface area contributed by atoms with Gasteiger partial charge in [-0.2, -0.15) is 5.10 Å². The Balaban J connectivity index is 1.65. The molecule has 0 bridgehead atoms.